The average molecular weight is 680 g/mol. The van der Waals surface area contributed by atoms with Gasteiger partial charge in [0.1, 0.15) is 0 Å². The molecular weight excluding hydrogens is 648 g/mol. The van der Waals surface area contributed by atoms with Crippen LogP contribution in [0, 0.1) is 19.6 Å². The predicted octanol–water partition coefficient (Wildman–Crippen LogP) is 4.74. The van der Waals surface area contributed by atoms with E-state index in [9.17, 15) is 20.0 Å². The highest BCUT2D eigenvalue weighted by atomic mass is 127. The van der Waals surface area contributed by atoms with Gasteiger partial charge in [0.2, 0.25) is 8.41 Å². The Morgan fingerprint density at radius 3 is 2.62 bits per heavy atom. The molecule has 1 spiro atoms. The number of non-ortho nitro benzene ring substituents is 1. The van der Waals surface area contributed by atoms with E-state index in [1.54, 1.807) is 34.9 Å². The molecule has 1 aromatic heterocycles. The minimum atomic E-state index is -3.39. The number of benzene rings is 2. The van der Waals surface area contributed by atoms with Crippen molar-refractivity contribution >= 4 is 48.3 Å². The maximum Gasteiger partial charge on any atom is 0.269 e. The third-order valence-electron chi connectivity index (χ3n) is 8.01. The van der Waals surface area contributed by atoms with Crippen molar-refractivity contribution in [2.45, 2.75) is 63.2 Å². The summed E-state index contributed by atoms with van der Waals surface area (Å²) >= 11 is 2.22. The number of aliphatic hydroxyl groups excluding tert-OH is 1. The normalized spacial score (nSPS) is 24.2. The zero-order valence-electron chi connectivity index (χ0n) is 22.5. The van der Waals surface area contributed by atoms with Crippen molar-refractivity contribution in [1.82, 2.24) is 15.0 Å². The topological polar surface area (TPSA) is 124 Å². The van der Waals surface area contributed by atoms with Crippen LogP contribution in [0.2, 0.25) is 18.6 Å². The number of amides is 1. The number of carbonyl (C=O) groups is 1. The molecule has 1 N–H and O–H groups in total. The van der Waals surface area contributed by atoms with Crippen LogP contribution < -0.4 is 4.90 Å². The third-order valence-corrected chi connectivity index (χ3v) is 11.2. The van der Waals surface area contributed by atoms with Gasteiger partial charge >= 0.3 is 0 Å². The Morgan fingerprint density at radius 1 is 1.25 bits per heavy atom. The van der Waals surface area contributed by atoms with Crippen LogP contribution in [0.1, 0.15) is 30.2 Å². The van der Waals surface area contributed by atoms with Gasteiger partial charge in [0.05, 0.1) is 29.0 Å². The molecule has 0 unspecified atom stereocenters. The van der Waals surface area contributed by atoms with Gasteiger partial charge in [0.25, 0.3) is 11.6 Å². The molecule has 40 heavy (non-hydrogen) atoms. The molecule has 0 saturated carbocycles. The zero-order chi connectivity index (χ0) is 28.8. The second kappa shape index (κ2) is 10.9. The van der Waals surface area contributed by atoms with Gasteiger partial charge < -0.3 is 18.9 Å². The monoisotopic (exact) mass is 679 g/mol. The fourth-order valence-electron chi connectivity index (χ4n) is 6.28. The number of hydrogen-bond acceptors (Lipinski definition) is 7. The second-order valence-electron chi connectivity index (χ2n) is 11.0. The molecule has 10 nitrogen and oxygen atoms in total. The molecule has 4 atom stereocenters. The molecule has 2 aromatic carbocycles. The zero-order valence-corrected chi connectivity index (χ0v) is 25.6. The van der Waals surface area contributed by atoms with Crippen LogP contribution in [0.15, 0.2) is 48.7 Å². The summed E-state index contributed by atoms with van der Waals surface area (Å²) in [6, 6.07) is 12.2. The van der Waals surface area contributed by atoms with Crippen LogP contribution in [0.4, 0.5) is 15.5 Å². The SMILES string of the molecule is C[C@H]1[C@H]([Si](C)(C)F)[C@@H](CCn2cc(CCO)nn2)O[C@]12C(=O)N(Cc1ccc(I)cc1)c1ccc([N+](=O)[O-])cc12. The summed E-state index contributed by atoms with van der Waals surface area (Å²) in [7, 11) is -3.39. The number of aliphatic hydroxyl groups is 1. The Kier molecular flexibility index (Phi) is 7.85. The first-order valence-corrected chi connectivity index (χ1v) is 17.2. The summed E-state index contributed by atoms with van der Waals surface area (Å²) in [6.07, 6.45) is 1.89. The number of nitro benzene ring substituents is 1. The fraction of sp³-hybridized carbons (Fsp3) is 0.444. The molecule has 212 valence electrons. The number of nitrogens with zero attached hydrogens (tertiary/aromatic N) is 5. The number of halogens is 2. The number of fused-ring (bicyclic) bond motifs is 2. The maximum absolute atomic E-state index is 16.0. The number of carbonyl (C=O) groups excluding carboxylic acids is 1. The second-order valence-corrected chi connectivity index (χ2v) is 16.0. The molecular formula is C27H31FIN5O5Si. The van der Waals surface area contributed by atoms with Gasteiger partial charge in [-0.15, -0.1) is 5.10 Å². The first-order chi connectivity index (χ1) is 19.0. The standard InChI is InChI=1S/C27H31FIN5O5Si/c1-17-25(40(2,3)28)24(10-12-32-16-20(11-13-35)30-31-32)39-27(17)22-14-21(34(37)38)8-9-23(22)33(26(27)36)15-18-4-6-19(29)7-5-18/h4-9,14,16-17,24-25,35H,10-13,15H2,1-3H3/t17-,24+,25-,27+/m0/s1. The van der Waals surface area contributed by atoms with E-state index < -0.39 is 36.5 Å². The number of aryl methyl sites for hydroxylation is 1. The Balaban J connectivity index is 1.54. The number of aromatic nitrogens is 3. The van der Waals surface area contributed by atoms with Crippen molar-refractivity contribution in [2.75, 3.05) is 11.5 Å². The minimum absolute atomic E-state index is 0.0411. The molecule has 0 radical (unpaired) electrons. The van der Waals surface area contributed by atoms with Crippen LogP contribution in [0.25, 0.3) is 0 Å². The van der Waals surface area contributed by atoms with E-state index >= 15 is 4.11 Å². The van der Waals surface area contributed by atoms with Gasteiger partial charge in [-0.05, 0) is 65.9 Å². The van der Waals surface area contributed by atoms with Gasteiger partial charge in [-0.2, -0.15) is 0 Å². The van der Waals surface area contributed by atoms with E-state index in [2.05, 4.69) is 32.9 Å². The van der Waals surface area contributed by atoms with Gasteiger partial charge in [-0.1, -0.05) is 24.3 Å². The Hall–Kier alpha value is -2.75. The molecule has 13 heteroatoms. The Bertz CT molecular complexity index is 1430. The average Bonchev–Trinajstić information content (AvgIpc) is 3.54. The molecule has 5 rings (SSSR count). The molecule has 1 amide bonds. The van der Waals surface area contributed by atoms with Crippen LogP contribution in [0.3, 0.4) is 0 Å². The number of nitro groups is 1. The molecule has 0 aliphatic carbocycles. The number of ether oxygens (including phenoxy) is 1. The number of rotatable bonds is 9. The van der Waals surface area contributed by atoms with E-state index in [0.717, 1.165) is 9.13 Å². The fourth-order valence-corrected chi connectivity index (χ4v) is 9.19. The van der Waals surface area contributed by atoms with Crippen molar-refractivity contribution < 1.29 is 23.7 Å². The summed E-state index contributed by atoms with van der Waals surface area (Å²) in [5.41, 5.74) is 0.287. The summed E-state index contributed by atoms with van der Waals surface area (Å²) in [5.74, 6) is -0.884. The first-order valence-electron chi connectivity index (χ1n) is 13.2. The van der Waals surface area contributed by atoms with Gasteiger partial charge in [0.15, 0.2) is 5.60 Å². The van der Waals surface area contributed by atoms with Crippen LogP contribution >= 0.6 is 22.6 Å². The van der Waals surface area contributed by atoms with E-state index in [0.29, 0.717) is 36.3 Å². The van der Waals surface area contributed by atoms with Crippen molar-refractivity contribution in [1.29, 1.82) is 0 Å². The van der Waals surface area contributed by atoms with E-state index in [4.69, 9.17) is 4.74 Å². The quantitative estimate of drug-likeness (QED) is 0.114. The summed E-state index contributed by atoms with van der Waals surface area (Å²) < 4.78 is 25.4. The lowest BCUT2D eigenvalue weighted by molar-refractivity contribution is -0.385. The Labute approximate surface area is 246 Å². The van der Waals surface area contributed by atoms with Gasteiger partial charge in [-0.3, -0.25) is 19.6 Å². The van der Waals surface area contributed by atoms with E-state index in [-0.39, 0.29) is 24.7 Å². The maximum atomic E-state index is 16.0. The van der Waals surface area contributed by atoms with Crippen molar-refractivity contribution in [3.63, 3.8) is 0 Å². The molecule has 1 fully saturated rings. The van der Waals surface area contributed by atoms with Gasteiger partial charge in [-0.25, -0.2) is 0 Å². The molecule has 1 saturated heterocycles. The summed E-state index contributed by atoms with van der Waals surface area (Å²) in [5, 5.41) is 29.1. The van der Waals surface area contributed by atoms with E-state index in [1.165, 1.54) is 12.1 Å². The first kappa shape index (κ1) is 28.8. The lowest BCUT2D eigenvalue weighted by Gasteiger charge is -2.31. The number of anilines is 1. The third kappa shape index (κ3) is 5.08. The van der Waals surface area contributed by atoms with Crippen LogP contribution in [0.5, 0.6) is 0 Å². The molecule has 2 aliphatic heterocycles. The van der Waals surface area contributed by atoms with Crippen molar-refractivity contribution in [3.05, 3.63) is 79.2 Å². The Morgan fingerprint density at radius 2 is 1.98 bits per heavy atom. The van der Waals surface area contributed by atoms with E-state index in [1.807, 2.05) is 31.2 Å². The summed E-state index contributed by atoms with van der Waals surface area (Å²) in [4.78, 5) is 27.3. The highest BCUT2D eigenvalue weighted by molar-refractivity contribution is 14.1. The lowest BCUT2D eigenvalue weighted by Crippen LogP contribution is -2.45. The van der Waals surface area contributed by atoms with Crippen molar-refractivity contribution in [3.8, 4) is 0 Å². The highest BCUT2D eigenvalue weighted by Gasteiger charge is 2.66. The van der Waals surface area contributed by atoms with Crippen LogP contribution in [-0.4, -0.2) is 52.0 Å². The predicted molar refractivity (Wildman–Crippen MR) is 157 cm³/mol. The highest BCUT2D eigenvalue weighted by Crippen LogP contribution is 2.60. The smallest absolute Gasteiger partial charge is 0.269 e. The molecule has 3 heterocycles. The largest absolute Gasteiger partial charge is 0.396 e. The van der Waals surface area contributed by atoms with Gasteiger partial charge in [0, 0.05) is 58.5 Å². The minimum Gasteiger partial charge on any atom is -0.396 e. The molecule has 2 aliphatic rings. The number of hydrogen-bond donors (Lipinski definition) is 1. The van der Waals surface area contributed by atoms with Crippen LogP contribution in [-0.2, 0) is 34.6 Å². The lowest BCUT2D eigenvalue weighted by atomic mass is 9.82. The summed E-state index contributed by atoms with van der Waals surface area (Å²) in [6.45, 7) is 5.68. The molecule has 3 aromatic rings. The van der Waals surface area contributed by atoms with Crippen molar-refractivity contribution in [2.24, 2.45) is 5.92 Å². The molecule has 0 bridgehead atoms.